The second-order valence-corrected chi connectivity index (χ2v) is 6.92. The van der Waals surface area contributed by atoms with E-state index < -0.39 is 0 Å². The van der Waals surface area contributed by atoms with Crippen molar-refractivity contribution in [2.24, 2.45) is 5.92 Å². The molecular formula is C15H18N4O2S. The number of rotatable bonds is 6. The molecule has 2 saturated carbocycles. The van der Waals surface area contributed by atoms with E-state index in [0.29, 0.717) is 19.1 Å². The smallest absolute Gasteiger partial charge is 0.346 e. The van der Waals surface area contributed by atoms with Crippen LogP contribution in [0.2, 0.25) is 0 Å². The summed E-state index contributed by atoms with van der Waals surface area (Å²) in [5.41, 5.74) is -0.0634. The molecule has 0 saturated heterocycles. The van der Waals surface area contributed by atoms with Crippen LogP contribution in [0.3, 0.4) is 0 Å². The van der Waals surface area contributed by atoms with Gasteiger partial charge in [0.2, 0.25) is 5.91 Å². The molecule has 0 unspecified atom stereocenters. The maximum absolute atomic E-state index is 12.5. The molecule has 0 bridgehead atoms. The summed E-state index contributed by atoms with van der Waals surface area (Å²) in [6.07, 6.45) is 4.07. The monoisotopic (exact) mass is 318 g/mol. The Morgan fingerprint density at radius 3 is 2.82 bits per heavy atom. The van der Waals surface area contributed by atoms with Crippen LogP contribution in [-0.2, 0) is 11.3 Å². The van der Waals surface area contributed by atoms with Gasteiger partial charge in [0.05, 0.1) is 11.4 Å². The van der Waals surface area contributed by atoms with Gasteiger partial charge in [-0.25, -0.2) is 9.48 Å². The van der Waals surface area contributed by atoms with Gasteiger partial charge < -0.3 is 5.32 Å². The van der Waals surface area contributed by atoms with Crippen molar-refractivity contribution < 1.29 is 4.79 Å². The Labute approximate surface area is 131 Å². The standard InChI is InChI=1S/C15H18N4O2S/c20-14(10-3-4-10)16-7-8-18-15(21)19(11-5-6-11)13(17-18)12-2-1-9-22-12/h1-2,9-11H,3-8H2,(H,16,20). The van der Waals surface area contributed by atoms with Crippen molar-refractivity contribution >= 4 is 17.2 Å². The van der Waals surface area contributed by atoms with E-state index in [9.17, 15) is 9.59 Å². The number of nitrogens with zero attached hydrogens (tertiary/aromatic N) is 3. The predicted molar refractivity (Wildman–Crippen MR) is 83.8 cm³/mol. The molecule has 0 atom stereocenters. The third-order valence-electron chi connectivity index (χ3n) is 4.10. The summed E-state index contributed by atoms with van der Waals surface area (Å²) >= 11 is 1.59. The molecule has 0 aromatic carbocycles. The number of nitrogens with one attached hydrogen (secondary N) is 1. The fourth-order valence-corrected chi connectivity index (χ4v) is 3.28. The van der Waals surface area contributed by atoms with Crippen LogP contribution < -0.4 is 11.0 Å². The van der Waals surface area contributed by atoms with Gasteiger partial charge in [0.15, 0.2) is 5.82 Å². The van der Waals surface area contributed by atoms with E-state index in [1.54, 1.807) is 11.3 Å². The summed E-state index contributed by atoms with van der Waals surface area (Å²) in [4.78, 5) is 25.2. The van der Waals surface area contributed by atoms with Gasteiger partial charge in [-0.05, 0) is 37.1 Å². The van der Waals surface area contributed by atoms with Gasteiger partial charge in [0, 0.05) is 18.5 Å². The highest BCUT2D eigenvalue weighted by atomic mass is 32.1. The minimum Gasteiger partial charge on any atom is -0.354 e. The maximum Gasteiger partial charge on any atom is 0.346 e. The van der Waals surface area contributed by atoms with E-state index in [1.165, 1.54) is 4.68 Å². The third kappa shape index (κ3) is 2.61. The molecule has 116 valence electrons. The van der Waals surface area contributed by atoms with Crippen molar-refractivity contribution in [1.29, 1.82) is 0 Å². The molecule has 1 N–H and O–H groups in total. The largest absolute Gasteiger partial charge is 0.354 e. The van der Waals surface area contributed by atoms with Crippen molar-refractivity contribution in [3.05, 3.63) is 28.0 Å². The topological polar surface area (TPSA) is 68.9 Å². The van der Waals surface area contributed by atoms with Crippen molar-refractivity contribution in [1.82, 2.24) is 19.7 Å². The fraction of sp³-hybridized carbons (Fsp3) is 0.533. The van der Waals surface area contributed by atoms with Gasteiger partial charge in [-0.1, -0.05) is 6.07 Å². The average molecular weight is 318 g/mol. The molecule has 2 aliphatic rings. The summed E-state index contributed by atoms with van der Waals surface area (Å²) in [5.74, 6) is 1.06. The minimum atomic E-state index is -0.0634. The average Bonchev–Trinajstić information content (AvgIpc) is 3.44. The zero-order valence-electron chi connectivity index (χ0n) is 12.2. The lowest BCUT2D eigenvalue weighted by Gasteiger charge is -2.03. The number of aromatic nitrogens is 3. The zero-order valence-corrected chi connectivity index (χ0v) is 13.0. The molecule has 0 radical (unpaired) electrons. The highest BCUT2D eigenvalue weighted by molar-refractivity contribution is 7.13. The third-order valence-corrected chi connectivity index (χ3v) is 4.96. The second kappa shape index (κ2) is 5.39. The quantitative estimate of drug-likeness (QED) is 0.880. The van der Waals surface area contributed by atoms with Crippen LogP contribution in [0.4, 0.5) is 0 Å². The first-order valence-corrected chi connectivity index (χ1v) is 8.63. The van der Waals surface area contributed by atoms with E-state index in [-0.39, 0.29) is 17.5 Å². The molecule has 4 rings (SSSR count). The summed E-state index contributed by atoms with van der Waals surface area (Å²) < 4.78 is 3.30. The Bertz CT molecular complexity index is 738. The second-order valence-electron chi connectivity index (χ2n) is 5.97. The fourth-order valence-electron chi connectivity index (χ4n) is 2.58. The molecule has 2 heterocycles. The first-order valence-electron chi connectivity index (χ1n) is 7.75. The van der Waals surface area contributed by atoms with Crippen LogP contribution in [0.15, 0.2) is 22.3 Å². The van der Waals surface area contributed by atoms with E-state index in [4.69, 9.17) is 0 Å². The lowest BCUT2D eigenvalue weighted by molar-refractivity contribution is -0.122. The van der Waals surface area contributed by atoms with Gasteiger partial charge in [-0.3, -0.25) is 9.36 Å². The summed E-state index contributed by atoms with van der Waals surface area (Å²) in [6, 6.07) is 4.25. The number of carbonyl (C=O) groups excluding carboxylic acids is 1. The maximum atomic E-state index is 12.5. The molecule has 0 spiro atoms. The first kappa shape index (κ1) is 13.8. The van der Waals surface area contributed by atoms with Crippen molar-refractivity contribution in [3.8, 4) is 10.7 Å². The van der Waals surface area contributed by atoms with E-state index >= 15 is 0 Å². The van der Waals surface area contributed by atoms with E-state index in [0.717, 1.165) is 36.4 Å². The molecular weight excluding hydrogens is 300 g/mol. The van der Waals surface area contributed by atoms with Crippen LogP contribution in [0, 0.1) is 5.92 Å². The molecule has 2 aliphatic carbocycles. The lowest BCUT2D eigenvalue weighted by Crippen LogP contribution is -2.32. The van der Waals surface area contributed by atoms with E-state index in [1.807, 2.05) is 22.1 Å². The highest BCUT2D eigenvalue weighted by Gasteiger charge is 2.31. The Morgan fingerprint density at radius 1 is 1.36 bits per heavy atom. The number of hydrogen-bond acceptors (Lipinski definition) is 4. The summed E-state index contributed by atoms with van der Waals surface area (Å²) in [7, 11) is 0. The predicted octanol–water partition coefficient (Wildman–Crippen LogP) is 1.63. The molecule has 2 aromatic heterocycles. The van der Waals surface area contributed by atoms with Crippen LogP contribution in [0.1, 0.15) is 31.7 Å². The van der Waals surface area contributed by atoms with Gasteiger partial charge in [0.1, 0.15) is 0 Å². The number of hydrogen-bond donors (Lipinski definition) is 1. The summed E-state index contributed by atoms with van der Waals surface area (Å²) in [5, 5.41) is 9.37. The Hall–Kier alpha value is -1.89. The van der Waals surface area contributed by atoms with Gasteiger partial charge >= 0.3 is 5.69 Å². The Morgan fingerprint density at radius 2 is 2.18 bits per heavy atom. The van der Waals surface area contributed by atoms with Crippen molar-refractivity contribution in [2.75, 3.05) is 6.54 Å². The molecule has 22 heavy (non-hydrogen) atoms. The highest BCUT2D eigenvalue weighted by Crippen LogP contribution is 2.37. The first-order chi connectivity index (χ1) is 10.7. The molecule has 2 fully saturated rings. The molecule has 7 heteroatoms. The summed E-state index contributed by atoms with van der Waals surface area (Å²) in [6.45, 7) is 0.885. The van der Waals surface area contributed by atoms with Crippen LogP contribution >= 0.6 is 11.3 Å². The van der Waals surface area contributed by atoms with Gasteiger partial charge in [-0.2, -0.15) is 0 Å². The molecule has 6 nitrogen and oxygen atoms in total. The minimum absolute atomic E-state index is 0.0634. The van der Waals surface area contributed by atoms with E-state index in [2.05, 4.69) is 10.4 Å². The number of carbonyl (C=O) groups is 1. The Kier molecular flexibility index (Phi) is 3.37. The van der Waals surface area contributed by atoms with Gasteiger partial charge in [0.25, 0.3) is 0 Å². The SMILES string of the molecule is O=C(NCCn1nc(-c2cccs2)n(C2CC2)c1=O)C1CC1. The van der Waals surface area contributed by atoms with Crippen LogP contribution in [0.25, 0.3) is 10.7 Å². The van der Waals surface area contributed by atoms with Crippen molar-refractivity contribution in [2.45, 2.75) is 38.3 Å². The molecule has 1 amide bonds. The number of amides is 1. The molecule has 2 aromatic rings. The van der Waals surface area contributed by atoms with Crippen LogP contribution in [-0.4, -0.2) is 26.8 Å². The Balaban J connectivity index is 1.53. The van der Waals surface area contributed by atoms with Crippen LogP contribution in [0.5, 0.6) is 0 Å². The lowest BCUT2D eigenvalue weighted by atomic mass is 10.4. The normalized spacial score (nSPS) is 17.6. The van der Waals surface area contributed by atoms with Crippen molar-refractivity contribution in [3.63, 3.8) is 0 Å². The van der Waals surface area contributed by atoms with Gasteiger partial charge in [-0.15, -0.1) is 16.4 Å². The molecule has 0 aliphatic heterocycles. The zero-order chi connectivity index (χ0) is 15.1. The number of thiophene rings is 1.